The molecular formula is C11H12O3S. The van der Waals surface area contributed by atoms with Crippen LogP contribution in [0.5, 0.6) is 0 Å². The molecule has 1 aliphatic heterocycles. The topological polar surface area (TPSA) is 51.2 Å². The second kappa shape index (κ2) is 3.77. The summed E-state index contributed by atoms with van der Waals surface area (Å²) in [6.07, 6.45) is 2.53. The van der Waals surface area contributed by atoms with Crippen molar-refractivity contribution in [3.05, 3.63) is 29.3 Å². The van der Waals surface area contributed by atoms with Crippen LogP contribution >= 0.6 is 0 Å². The van der Waals surface area contributed by atoms with Gasteiger partial charge in [-0.3, -0.25) is 0 Å². The molecule has 80 valence electrons. The maximum absolute atomic E-state index is 11.6. The lowest BCUT2D eigenvalue weighted by Crippen LogP contribution is -1.99. The molecule has 3 nitrogen and oxygen atoms in total. The summed E-state index contributed by atoms with van der Waals surface area (Å²) < 4.78 is 23.2. The van der Waals surface area contributed by atoms with Gasteiger partial charge in [-0.1, -0.05) is 12.1 Å². The van der Waals surface area contributed by atoms with E-state index in [1.165, 1.54) is 0 Å². The van der Waals surface area contributed by atoms with E-state index >= 15 is 0 Å². The fourth-order valence-corrected chi connectivity index (χ4v) is 3.44. The molecule has 0 amide bonds. The minimum atomic E-state index is -3.04. The van der Waals surface area contributed by atoms with E-state index in [1.54, 1.807) is 6.07 Å². The van der Waals surface area contributed by atoms with Crippen LogP contribution in [0.15, 0.2) is 23.1 Å². The van der Waals surface area contributed by atoms with Crippen molar-refractivity contribution in [2.24, 2.45) is 0 Å². The first-order valence-electron chi connectivity index (χ1n) is 4.92. The lowest BCUT2D eigenvalue weighted by molar-refractivity contribution is -0.107. The number of hydrogen-bond donors (Lipinski definition) is 0. The third kappa shape index (κ3) is 1.95. The summed E-state index contributed by atoms with van der Waals surface area (Å²) in [4.78, 5) is 10.7. The molecule has 0 aliphatic carbocycles. The zero-order valence-electron chi connectivity index (χ0n) is 8.27. The van der Waals surface area contributed by atoms with Gasteiger partial charge < -0.3 is 4.79 Å². The van der Waals surface area contributed by atoms with Gasteiger partial charge in [0.15, 0.2) is 9.84 Å². The summed E-state index contributed by atoms with van der Waals surface area (Å²) in [6, 6.07) is 5.48. The number of aldehydes is 1. The number of benzene rings is 1. The van der Waals surface area contributed by atoms with Gasteiger partial charge in [0.2, 0.25) is 0 Å². The molecule has 1 heterocycles. The molecule has 0 aromatic heterocycles. The predicted octanol–water partition coefficient (Wildman–Crippen LogP) is 1.15. The van der Waals surface area contributed by atoms with Gasteiger partial charge in [0.25, 0.3) is 0 Å². The van der Waals surface area contributed by atoms with Gasteiger partial charge in [-0.05, 0) is 30.0 Å². The van der Waals surface area contributed by atoms with Crippen LogP contribution in [0.2, 0.25) is 0 Å². The van der Waals surface area contributed by atoms with Crippen molar-refractivity contribution in [1.82, 2.24) is 0 Å². The maximum Gasteiger partial charge on any atom is 0.178 e. The van der Waals surface area contributed by atoms with Crippen LogP contribution in [0.3, 0.4) is 0 Å². The quantitative estimate of drug-likeness (QED) is 0.724. The Morgan fingerprint density at radius 1 is 1.33 bits per heavy atom. The number of aryl methyl sites for hydroxylation is 2. The number of fused-ring (bicyclic) bond motifs is 1. The predicted molar refractivity (Wildman–Crippen MR) is 56.6 cm³/mol. The SMILES string of the molecule is O=CCCc1ccc2c(c1)S(=O)(=O)CC2. The van der Waals surface area contributed by atoms with Crippen molar-refractivity contribution >= 4 is 16.1 Å². The Morgan fingerprint density at radius 2 is 2.13 bits per heavy atom. The Labute approximate surface area is 89.0 Å². The molecule has 15 heavy (non-hydrogen) atoms. The Bertz CT molecular complexity index is 489. The second-order valence-corrected chi connectivity index (χ2v) is 5.79. The summed E-state index contributed by atoms with van der Waals surface area (Å²) in [5.74, 6) is 0.222. The van der Waals surface area contributed by atoms with Crippen molar-refractivity contribution in [1.29, 1.82) is 0 Å². The Balaban J connectivity index is 2.37. The van der Waals surface area contributed by atoms with Crippen LogP contribution in [0.4, 0.5) is 0 Å². The fraction of sp³-hybridized carbons (Fsp3) is 0.364. The van der Waals surface area contributed by atoms with Gasteiger partial charge in [0, 0.05) is 6.42 Å². The maximum atomic E-state index is 11.6. The average Bonchev–Trinajstić information content (AvgIpc) is 2.52. The normalized spacial score (nSPS) is 17.3. The molecule has 0 saturated heterocycles. The largest absolute Gasteiger partial charge is 0.303 e. The van der Waals surface area contributed by atoms with Gasteiger partial charge in [-0.2, -0.15) is 0 Å². The molecule has 2 rings (SSSR count). The fourth-order valence-electron chi connectivity index (χ4n) is 1.83. The van der Waals surface area contributed by atoms with E-state index in [9.17, 15) is 13.2 Å². The first kappa shape index (κ1) is 10.4. The van der Waals surface area contributed by atoms with Crippen LogP contribution in [0.25, 0.3) is 0 Å². The lowest BCUT2D eigenvalue weighted by atomic mass is 10.1. The van der Waals surface area contributed by atoms with Crippen molar-refractivity contribution in [2.75, 3.05) is 5.75 Å². The average molecular weight is 224 g/mol. The van der Waals surface area contributed by atoms with Gasteiger partial charge in [0.05, 0.1) is 10.6 Å². The highest BCUT2D eigenvalue weighted by molar-refractivity contribution is 7.91. The number of carbonyl (C=O) groups is 1. The number of sulfone groups is 1. The second-order valence-electron chi connectivity index (χ2n) is 3.72. The summed E-state index contributed by atoms with van der Waals surface area (Å²) in [6.45, 7) is 0. The molecular weight excluding hydrogens is 212 g/mol. The first-order chi connectivity index (χ1) is 7.13. The number of hydrogen-bond acceptors (Lipinski definition) is 3. The molecule has 1 aromatic rings. The van der Waals surface area contributed by atoms with E-state index < -0.39 is 9.84 Å². The Kier molecular flexibility index (Phi) is 2.61. The van der Waals surface area contributed by atoms with Crippen molar-refractivity contribution in [3.63, 3.8) is 0 Å². The van der Waals surface area contributed by atoms with Crippen molar-refractivity contribution in [3.8, 4) is 0 Å². The molecule has 1 aromatic carbocycles. The highest BCUT2D eigenvalue weighted by Gasteiger charge is 2.25. The molecule has 0 spiro atoms. The minimum absolute atomic E-state index is 0.222. The van der Waals surface area contributed by atoms with Crippen LogP contribution in [-0.4, -0.2) is 20.5 Å². The standard InChI is InChI=1S/C11H12O3S/c12-6-1-2-9-3-4-10-5-7-15(13,14)11(10)8-9/h3-4,6,8H,1-2,5,7H2. The Morgan fingerprint density at radius 3 is 2.87 bits per heavy atom. The molecule has 0 unspecified atom stereocenters. The summed E-state index contributed by atoms with van der Waals surface area (Å²) in [5, 5.41) is 0. The molecule has 4 heteroatoms. The van der Waals surface area contributed by atoms with E-state index in [-0.39, 0.29) is 5.75 Å². The minimum Gasteiger partial charge on any atom is -0.303 e. The number of carbonyl (C=O) groups excluding carboxylic acids is 1. The van der Waals surface area contributed by atoms with E-state index in [0.29, 0.717) is 24.2 Å². The van der Waals surface area contributed by atoms with Gasteiger partial charge in [0.1, 0.15) is 6.29 Å². The zero-order valence-corrected chi connectivity index (χ0v) is 9.09. The van der Waals surface area contributed by atoms with E-state index in [0.717, 1.165) is 17.4 Å². The molecule has 0 radical (unpaired) electrons. The van der Waals surface area contributed by atoms with Gasteiger partial charge in [-0.25, -0.2) is 8.42 Å². The van der Waals surface area contributed by atoms with Crippen molar-refractivity contribution in [2.45, 2.75) is 24.2 Å². The molecule has 0 fully saturated rings. The lowest BCUT2D eigenvalue weighted by Gasteiger charge is -2.02. The summed E-state index contributed by atoms with van der Waals surface area (Å²) in [5.41, 5.74) is 1.83. The smallest absolute Gasteiger partial charge is 0.178 e. The number of rotatable bonds is 3. The molecule has 0 bridgehead atoms. The first-order valence-corrected chi connectivity index (χ1v) is 6.57. The van der Waals surface area contributed by atoms with Crippen molar-refractivity contribution < 1.29 is 13.2 Å². The van der Waals surface area contributed by atoms with Gasteiger partial charge >= 0.3 is 0 Å². The monoisotopic (exact) mass is 224 g/mol. The third-order valence-corrected chi connectivity index (χ3v) is 4.45. The molecule has 0 atom stereocenters. The van der Waals surface area contributed by atoms with E-state index in [1.807, 2.05) is 12.1 Å². The van der Waals surface area contributed by atoms with Crippen LogP contribution in [-0.2, 0) is 27.5 Å². The molecule has 0 N–H and O–H groups in total. The Hall–Kier alpha value is -1.16. The third-order valence-electron chi connectivity index (χ3n) is 2.66. The highest BCUT2D eigenvalue weighted by Crippen LogP contribution is 2.26. The van der Waals surface area contributed by atoms with E-state index in [4.69, 9.17) is 0 Å². The highest BCUT2D eigenvalue weighted by atomic mass is 32.2. The van der Waals surface area contributed by atoms with Crippen LogP contribution in [0, 0.1) is 0 Å². The summed E-state index contributed by atoms with van der Waals surface area (Å²) >= 11 is 0. The zero-order chi connectivity index (χ0) is 10.9. The summed E-state index contributed by atoms with van der Waals surface area (Å²) in [7, 11) is -3.04. The molecule has 1 aliphatic rings. The van der Waals surface area contributed by atoms with Gasteiger partial charge in [-0.15, -0.1) is 0 Å². The van der Waals surface area contributed by atoms with Crippen LogP contribution < -0.4 is 0 Å². The molecule has 0 saturated carbocycles. The van der Waals surface area contributed by atoms with Crippen LogP contribution in [0.1, 0.15) is 17.5 Å². The van der Waals surface area contributed by atoms with E-state index in [2.05, 4.69) is 0 Å².